The Morgan fingerprint density at radius 3 is 2.82 bits per heavy atom. The van der Waals surface area contributed by atoms with Crippen LogP contribution < -0.4 is 5.32 Å². The maximum atomic E-state index is 4.29. The molecule has 17 heavy (non-hydrogen) atoms. The Morgan fingerprint density at radius 2 is 2.18 bits per heavy atom. The van der Waals surface area contributed by atoms with Crippen molar-refractivity contribution in [3.05, 3.63) is 45.8 Å². The van der Waals surface area contributed by atoms with Crippen LogP contribution in [0.1, 0.15) is 25.5 Å². The van der Waals surface area contributed by atoms with E-state index < -0.39 is 0 Å². The van der Waals surface area contributed by atoms with Crippen LogP contribution in [0.4, 0.5) is 5.69 Å². The zero-order valence-corrected chi connectivity index (χ0v) is 12.2. The highest BCUT2D eigenvalue weighted by Crippen LogP contribution is 2.23. The maximum absolute atomic E-state index is 4.29. The third kappa shape index (κ3) is 3.00. The highest BCUT2D eigenvalue weighted by atomic mass is 127. The number of hydrogen-bond donors (Lipinski definition) is 1. The van der Waals surface area contributed by atoms with Gasteiger partial charge in [-0.05, 0) is 48.6 Å². The molecule has 2 rings (SSSR count). The van der Waals surface area contributed by atoms with Gasteiger partial charge in [0.05, 0.1) is 12.2 Å². The highest BCUT2D eigenvalue weighted by Gasteiger charge is 2.08. The van der Waals surface area contributed by atoms with E-state index in [9.17, 15) is 0 Å². The van der Waals surface area contributed by atoms with E-state index in [2.05, 4.69) is 65.2 Å². The third-order valence-corrected chi connectivity index (χ3v) is 3.66. The Hall–Kier alpha value is -1.04. The SMILES string of the molecule is CCn1cc(C(C)Nc2ccccc2I)cn1. The fourth-order valence-electron chi connectivity index (χ4n) is 1.67. The molecule has 1 heterocycles. The van der Waals surface area contributed by atoms with E-state index in [1.54, 1.807) is 0 Å². The monoisotopic (exact) mass is 341 g/mol. The molecule has 0 fully saturated rings. The Morgan fingerprint density at radius 1 is 1.41 bits per heavy atom. The fourth-order valence-corrected chi connectivity index (χ4v) is 2.21. The van der Waals surface area contributed by atoms with Crippen molar-refractivity contribution in [1.29, 1.82) is 0 Å². The minimum Gasteiger partial charge on any atom is -0.378 e. The second-order valence-electron chi connectivity index (χ2n) is 3.98. The molecule has 0 aliphatic carbocycles. The molecule has 1 atom stereocenters. The first-order valence-electron chi connectivity index (χ1n) is 5.74. The summed E-state index contributed by atoms with van der Waals surface area (Å²) in [6.45, 7) is 5.16. The number of aryl methyl sites for hydroxylation is 1. The average molecular weight is 341 g/mol. The van der Waals surface area contributed by atoms with Crippen LogP contribution in [0.15, 0.2) is 36.7 Å². The molecule has 0 saturated carbocycles. The van der Waals surface area contributed by atoms with Crippen LogP contribution in [0.2, 0.25) is 0 Å². The van der Waals surface area contributed by atoms with E-state index in [0.29, 0.717) is 0 Å². The first-order chi connectivity index (χ1) is 8.20. The predicted molar refractivity (Wildman–Crippen MR) is 79.1 cm³/mol. The van der Waals surface area contributed by atoms with Crippen molar-refractivity contribution in [2.75, 3.05) is 5.32 Å². The molecule has 90 valence electrons. The van der Waals surface area contributed by atoms with Gasteiger partial charge in [-0.2, -0.15) is 5.10 Å². The van der Waals surface area contributed by atoms with Crippen molar-refractivity contribution in [3.8, 4) is 0 Å². The molecule has 0 aliphatic rings. The van der Waals surface area contributed by atoms with Crippen molar-refractivity contribution in [3.63, 3.8) is 0 Å². The molecule has 0 aliphatic heterocycles. The Labute approximate surface area is 115 Å². The number of anilines is 1. The van der Waals surface area contributed by atoms with Crippen LogP contribution in [0, 0.1) is 3.57 Å². The number of nitrogens with zero attached hydrogens (tertiary/aromatic N) is 2. The van der Waals surface area contributed by atoms with Crippen molar-refractivity contribution < 1.29 is 0 Å². The summed E-state index contributed by atoms with van der Waals surface area (Å²) in [6.07, 6.45) is 4.02. The number of hydrogen-bond acceptors (Lipinski definition) is 2. The van der Waals surface area contributed by atoms with Gasteiger partial charge in [0.15, 0.2) is 0 Å². The lowest BCUT2D eigenvalue weighted by atomic mass is 10.2. The molecule has 1 N–H and O–H groups in total. The van der Waals surface area contributed by atoms with Crippen molar-refractivity contribution >= 4 is 28.3 Å². The molecule has 1 unspecified atom stereocenters. The van der Waals surface area contributed by atoms with E-state index in [0.717, 1.165) is 6.54 Å². The first-order valence-corrected chi connectivity index (χ1v) is 6.82. The van der Waals surface area contributed by atoms with Gasteiger partial charge in [0.25, 0.3) is 0 Å². The van der Waals surface area contributed by atoms with Crippen LogP contribution in [-0.2, 0) is 6.54 Å². The molecule has 4 heteroatoms. The summed E-state index contributed by atoms with van der Waals surface area (Å²) in [5.41, 5.74) is 2.39. The molecule has 2 aromatic rings. The summed E-state index contributed by atoms with van der Waals surface area (Å²) < 4.78 is 3.18. The largest absolute Gasteiger partial charge is 0.378 e. The van der Waals surface area contributed by atoms with Gasteiger partial charge in [0.1, 0.15) is 0 Å². The van der Waals surface area contributed by atoms with Gasteiger partial charge in [-0.15, -0.1) is 0 Å². The van der Waals surface area contributed by atoms with Gasteiger partial charge in [0.2, 0.25) is 0 Å². The number of aromatic nitrogens is 2. The second kappa shape index (κ2) is 5.53. The molecule has 0 spiro atoms. The molecular weight excluding hydrogens is 325 g/mol. The lowest BCUT2D eigenvalue weighted by Crippen LogP contribution is -2.06. The zero-order valence-electron chi connectivity index (χ0n) is 10.0. The van der Waals surface area contributed by atoms with E-state index in [-0.39, 0.29) is 6.04 Å². The Bertz CT molecular complexity index is 493. The summed E-state index contributed by atoms with van der Waals surface area (Å²) in [7, 11) is 0. The normalized spacial score (nSPS) is 12.4. The van der Waals surface area contributed by atoms with Crippen molar-refractivity contribution in [2.24, 2.45) is 0 Å². The smallest absolute Gasteiger partial charge is 0.0542 e. The summed E-state index contributed by atoms with van der Waals surface area (Å²) >= 11 is 2.34. The molecule has 0 saturated heterocycles. The molecule has 1 aromatic carbocycles. The van der Waals surface area contributed by atoms with E-state index >= 15 is 0 Å². The summed E-state index contributed by atoms with van der Waals surface area (Å²) in [4.78, 5) is 0. The molecule has 0 amide bonds. The minimum absolute atomic E-state index is 0.270. The topological polar surface area (TPSA) is 29.9 Å². The van der Waals surface area contributed by atoms with Crippen LogP contribution in [0.3, 0.4) is 0 Å². The van der Waals surface area contributed by atoms with Gasteiger partial charge >= 0.3 is 0 Å². The van der Waals surface area contributed by atoms with Gasteiger partial charge in [0, 0.05) is 27.6 Å². The standard InChI is InChI=1S/C13H16IN3/c1-3-17-9-11(8-15-17)10(2)16-13-7-5-4-6-12(13)14/h4-10,16H,3H2,1-2H3. The Balaban J connectivity index is 2.11. The van der Waals surface area contributed by atoms with Crippen LogP contribution in [0.5, 0.6) is 0 Å². The van der Waals surface area contributed by atoms with Gasteiger partial charge in [-0.25, -0.2) is 0 Å². The summed E-state index contributed by atoms with van der Waals surface area (Å²) in [5, 5.41) is 7.80. The van der Waals surface area contributed by atoms with Crippen molar-refractivity contribution in [2.45, 2.75) is 26.4 Å². The lowest BCUT2D eigenvalue weighted by Gasteiger charge is -2.14. The fraction of sp³-hybridized carbons (Fsp3) is 0.308. The van der Waals surface area contributed by atoms with Crippen LogP contribution in [-0.4, -0.2) is 9.78 Å². The molecule has 0 radical (unpaired) electrons. The summed E-state index contributed by atoms with van der Waals surface area (Å²) in [6, 6.07) is 8.57. The van der Waals surface area contributed by atoms with Gasteiger partial charge in [-0.1, -0.05) is 12.1 Å². The predicted octanol–water partition coefficient (Wildman–Crippen LogP) is 3.68. The van der Waals surface area contributed by atoms with E-state index in [4.69, 9.17) is 0 Å². The Kier molecular flexibility index (Phi) is 4.04. The minimum atomic E-state index is 0.270. The molecule has 1 aromatic heterocycles. The number of benzene rings is 1. The maximum Gasteiger partial charge on any atom is 0.0542 e. The number of halogens is 1. The average Bonchev–Trinajstić information content (AvgIpc) is 2.81. The first kappa shape index (κ1) is 12.4. The van der Waals surface area contributed by atoms with E-state index in [1.807, 2.05) is 23.0 Å². The number of rotatable bonds is 4. The molecule has 0 bridgehead atoms. The number of nitrogens with one attached hydrogen (secondary N) is 1. The van der Waals surface area contributed by atoms with E-state index in [1.165, 1.54) is 14.8 Å². The zero-order chi connectivity index (χ0) is 12.3. The third-order valence-electron chi connectivity index (χ3n) is 2.72. The van der Waals surface area contributed by atoms with Crippen LogP contribution in [0.25, 0.3) is 0 Å². The van der Waals surface area contributed by atoms with Crippen molar-refractivity contribution in [1.82, 2.24) is 9.78 Å². The highest BCUT2D eigenvalue weighted by molar-refractivity contribution is 14.1. The number of para-hydroxylation sites is 1. The van der Waals surface area contributed by atoms with Gasteiger partial charge in [-0.3, -0.25) is 4.68 Å². The molecular formula is C13H16IN3. The van der Waals surface area contributed by atoms with Gasteiger partial charge < -0.3 is 5.32 Å². The lowest BCUT2D eigenvalue weighted by molar-refractivity contribution is 0.658. The molecule has 3 nitrogen and oxygen atoms in total. The second-order valence-corrected chi connectivity index (χ2v) is 5.14. The quantitative estimate of drug-likeness (QED) is 0.860. The van der Waals surface area contributed by atoms with Crippen LogP contribution >= 0.6 is 22.6 Å². The summed E-state index contributed by atoms with van der Waals surface area (Å²) in [5.74, 6) is 0.